The van der Waals surface area contributed by atoms with E-state index >= 15 is 0 Å². The van der Waals surface area contributed by atoms with Crippen LogP contribution in [0.15, 0.2) is 59.1 Å². The van der Waals surface area contributed by atoms with Gasteiger partial charge >= 0.3 is 5.97 Å². The molecule has 0 aliphatic carbocycles. The number of halogens is 2. The molecule has 0 radical (unpaired) electrons. The molecule has 0 aliphatic heterocycles. The molecule has 0 saturated carbocycles. The fraction of sp³-hybridized carbons (Fsp3) is 0. The molecule has 112 valence electrons. The second kappa shape index (κ2) is 7.11. The molecule has 0 aromatic heterocycles. The van der Waals surface area contributed by atoms with Crippen LogP contribution in [0.5, 0.6) is 0 Å². The first kappa shape index (κ1) is 16.1. The van der Waals surface area contributed by atoms with Crippen LogP contribution >= 0.6 is 23.2 Å². The van der Waals surface area contributed by atoms with Gasteiger partial charge in [0.2, 0.25) is 0 Å². The van der Waals surface area contributed by atoms with Crippen molar-refractivity contribution in [2.24, 2.45) is 4.99 Å². The number of carboxylic acid groups (broad SMARTS) is 1. The highest BCUT2D eigenvalue weighted by molar-refractivity contribution is 6.32. The van der Waals surface area contributed by atoms with E-state index in [1.807, 2.05) is 0 Å². The van der Waals surface area contributed by atoms with Crippen molar-refractivity contribution in [2.75, 3.05) is 0 Å². The lowest BCUT2D eigenvalue weighted by Crippen LogP contribution is -2.06. The summed E-state index contributed by atoms with van der Waals surface area (Å²) in [4.78, 5) is 15.3. The second-order valence-corrected chi connectivity index (χ2v) is 5.13. The highest BCUT2D eigenvalue weighted by Gasteiger charge is 2.15. The average Bonchev–Trinajstić information content (AvgIpc) is 2.49. The summed E-state index contributed by atoms with van der Waals surface area (Å²) < 4.78 is 0. The van der Waals surface area contributed by atoms with E-state index in [1.54, 1.807) is 42.5 Å². The van der Waals surface area contributed by atoms with Crippen LogP contribution in [0.2, 0.25) is 10.0 Å². The number of benzene rings is 2. The molecule has 6 heteroatoms. The quantitative estimate of drug-likeness (QED) is 0.481. The zero-order chi connectivity index (χ0) is 16.1. The van der Waals surface area contributed by atoms with Crippen LogP contribution in [-0.2, 0) is 4.79 Å². The fourth-order valence-electron chi connectivity index (χ4n) is 1.68. The number of hydrogen-bond donors (Lipinski definition) is 2. The lowest BCUT2D eigenvalue weighted by molar-refractivity contribution is -0.132. The molecule has 0 fully saturated rings. The van der Waals surface area contributed by atoms with Gasteiger partial charge in [0, 0.05) is 16.8 Å². The molecule has 2 rings (SSSR count). The normalized spacial score (nSPS) is 12.3. The molecule has 0 bridgehead atoms. The van der Waals surface area contributed by atoms with E-state index in [4.69, 9.17) is 23.2 Å². The van der Waals surface area contributed by atoms with E-state index in [9.17, 15) is 15.0 Å². The SMILES string of the molecule is O=C(O)/C(C=Nc1ccc(Cl)cc1)=C(/O)c1ccccc1Cl. The maximum Gasteiger partial charge on any atom is 0.341 e. The van der Waals surface area contributed by atoms with Crippen molar-refractivity contribution in [3.8, 4) is 0 Å². The monoisotopic (exact) mass is 335 g/mol. The Kier molecular flexibility index (Phi) is 5.20. The van der Waals surface area contributed by atoms with Gasteiger partial charge in [0.1, 0.15) is 11.3 Å². The number of carbonyl (C=O) groups is 1. The summed E-state index contributed by atoms with van der Waals surface area (Å²) in [6.45, 7) is 0. The minimum absolute atomic E-state index is 0.226. The van der Waals surface area contributed by atoms with Gasteiger partial charge in [-0.3, -0.25) is 4.99 Å². The first-order valence-electron chi connectivity index (χ1n) is 6.20. The second-order valence-electron chi connectivity index (χ2n) is 4.28. The van der Waals surface area contributed by atoms with Crippen LogP contribution < -0.4 is 0 Å². The Bertz CT molecular complexity index is 752. The third-order valence-corrected chi connectivity index (χ3v) is 3.37. The Hall–Kier alpha value is -2.30. The minimum atomic E-state index is -1.31. The number of aliphatic hydroxyl groups is 1. The average molecular weight is 336 g/mol. The summed E-state index contributed by atoms with van der Waals surface area (Å²) in [5, 5.41) is 20.2. The van der Waals surface area contributed by atoms with E-state index < -0.39 is 11.7 Å². The largest absolute Gasteiger partial charge is 0.506 e. The summed E-state index contributed by atoms with van der Waals surface area (Å²) in [5.74, 6) is -1.76. The number of hydrogen-bond acceptors (Lipinski definition) is 3. The smallest absolute Gasteiger partial charge is 0.341 e. The predicted molar refractivity (Wildman–Crippen MR) is 88.2 cm³/mol. The van der Waals surface area contributed by atoms with Gasteiger partial charge in [-0.05, 0) is 36.4 Å². The van der Waals surface area contributed by atoms with Crippen molar-refractivity contribution in [3.63, 3.8) is 0 Å². The van der Waals surface area contributed by atoms with Crippen molar-refractivity contribution in [1.29, 1.82) is 0 Å². The van der Waals surface area contributed by atoms with Crippen LogP contribution in [0.1, 0.15) is 5.56 Å². The van der Waals surface area contributed by atoms with Crippen molar-refractivity contribution in [1.82, 2.24) is 0 Å². The van der Waals surface area contributed by atoms with Crippen LogP contribution in [0.25, 0.3) is 5.76 Å². The minimum Gasteiger partial charge on any atom is -0.506 e. The zero-order valence-corrected chi connectivity index (χ0v) is 12.7. The maximum atomic E-state index is 11.3. The van der Waals surface area contributed by atoms with Gasteiger partial charge in [-0.2, -0.15) is 0 Å². The number of rotatable bonds is 4. The molecule has 0 amide bonds. The molecule has 0 atom stereocenters. The Morgan fingerprint density at radius 1 is 1.00 bits per heavy atom. The first-order chi connectivity index (χ1) is 10.5. The van der Waals surface area contributed by atoms with Crippen molar-refractivity contribution in [3.05, 3.63) is 69.7 Å². The van der Waals surface area contributed by atoms with Crippen LogP contribution in [0.4, 0.5) is 5.69 Å². The van der Waals surface area contributed by atoms with Crippen molar-refractivity contribution >= 4 is 46.8 Å². The standard InChI is InChI=1S/C16H11Cl2NO3/c17-10-5-7-11(8-6-10)19-9-13(16(21)22)15(20)12-3-1-2-4-14(12)18/h1-9,20H,(H,21,22)/b15-13+,19-9?. The third kappa shape index (κ3) is 3.87. The van der Waals surface area contributed by atoms with Crippen LogP contribution in [-0.4, -0.2) is 22.4 Å². The summed E-state index contributed by atoms with van der Waals surface area (Å²) in [7, 11) is 0. The number of carboxylic acids is 1. The summed E-state index contributed by atoms with van der Waals surface area (Å²) in [6.07, 6.45) is 1.07. The number of aliphatic imine (C=N–C) groups is 1. The van der Waals surface area contributed by atoms with Crippen LogP contribution in [0.3, 0.4) is 0 Å². The lowest BCUT2D eigenvalue weighted by Gasteiger charge is -2.05. The molecule has 0 aliphatic rings. The first-order valence-corrected chi connectivity index (χ1v) is 6.95. The van der Waals surface area contributed by atoms with Gasteiger partial charge in [0.15, 0.2) is 0 Å². The fourth-order valence-corrected chi connectivity index (χ4v) is 2.03. The highest BCUT2D eigenvalue weighted by atomic mass is 35.5. The summed E-state index contributed by atoms with van der Waals surface area (Å²) in [5.41, 5.74) is 0.377. The predicted octanol–water partition coefficient (Wildman–Crippen LogP) is 4.75. The van der Waals surface area contributed by atoms with E-state index in [-0.39, 0.29) is 16.2 Å². The summed E-state index contributed by atoms with van der Waals surface area (Å²) >= 11 is 11.7. The van der Waals surface area contributed by atoms with Gasteiger partial charge in [-0.25, -0.2) is 4.79 Å². The zero-order valence-electron chi connectivity index (χ0n) is 11.2. The Morgan fingerprint density at radius 3 is 2.23 bits per heavy atom. The molecule has 2 N–H and O–H groups in total. The Morgan fingerprint density at radius 2 is 1.64 bits per heavy atom. The molecule has 0 saturated heterocycles. The number of nitrogens with zero attached hydrogens (tertiary/aromatic N) is 1. The maximum absolute atomic E-state index is 11.3. The Balaban J connectivity index is 2.42. The molecule has 0 unspecified atom stereocenters. The number of aliphatic carboxylic acids is 1. The molecule has 0 spiro atoms. The van der Waals surface area contributed by atoms with Gasteiger partial charge in [-0.1, -0.05) is 35.3 Å². The molecular weight excluding hydrogens is 325 g/mol. The van der Waals surface area contributed by atoms with Gasteiger partial charge < -0.3 is 10.2 Å². The molecular formula is C16H11Cl2NO3. The number of aliphatic hydroxyl groups excluding tert-OH is 1. The molecule has 22 heavy (non-hydrogen) atoms. The lowest BCUT2D eigenvalue weighted by atomic mass is 10.1. The molecule has 2 aromatic carbocycles. The van der Waals surface area contributed by atoms with Gasteiger partial charge in [0.25, 0.3) is 0 Å². The summed E-state index contributed by atoms with van der Waals surface area (Å²) in [6, 6.07) is 12.9. The van der Waals surface area contributed by atoms with Gasteiger partial charge in [0.05, 0.1) is 10.7 Å². The van der Waals surface area contributed by atoms with E-state index in [0.29, 0.717) is 10.7 Å². The Labute approximate surface area is 137 Å². The van der Waals surface area contributed by atoms with Gasteiger partial charge in [-0.15, -0.1) is 0 Å². The molecule has 2 aromatic rings. The van der Waals surface area contributed by atoms with Crippen LogP contribution in [0, 0.1) is 0 Å². The molecule has 4 nitrogen and oxygen atoms in total. The topological polar surface area (TPSA) is 69.9 Å². The third-order valence-electron chi connectivity index (χ3n) is 2.78. The van der Waals surface area contributed by atoms with Crippen molar-refractivity contribution < 1.29 is 15.0 Å². The van der Waals surface area contributed by atoms with E-state index in [2.05, 4.69) is 4.99 Å². The van der Waals surface area contributed by atoms with Crippen molar-refractivity contribution in [2.45, 2.75) is 0 Å². The highest BCUT2D eigenvalue weighted by Crippen LogP contribution is 2.24. The molecule has 0 heterocycles. The van der Waals surface area contributed by atoms with E-state index in [0.717, 1.165) is 6.21 Å². The van der Waals surface area contributed by atoms with E-state index in [1.165, 1.54) is 6.07 Å².